The van der Waals surface area contributed by atoms with E-state index in [2.05, 4.69) is 15.4 Å². The number of hydrogen-bond acceptors (Lipinski definition) is 4. The van der Waals surface area contributed by atoms with Gasteiger partial charge >= 0.3 is 0 Å². The number of anilines is 1. The van der Waals surface area contributed by atoms with Crippen molar-refractivity contribution in [1.82, 2.24) is 14.6 Å². The molecule has 0 aliphatic carbocycles. The summed E-state index contributed by atoms with van der Waals surface area (Å²) in [4.78, 5) is 28.0. The number of nitrogens with zero attached hydrogens (tertiary/aromatic N) is 3. The molecule has 0 atom stereocenters. The van der Waals surface area contributed by atoms with E-state index >= 15 is 0 Å². The summed E-state index contributed by atoms with van der Waals surface area (Å²) in [6.07, 6.45) is 1.57. The zero-order chi connectivity index (χ0) is 15.7. The highest BCUT2D eigenvalue weighted by Crippen LogP contribution is 2.13. The van der Waals surface area contributed by atoms with Gasteiger partial charge in [-0.15, -0.1) is 0 Å². The third kappa shape index (κ3) is 2.58. The summed E-state index contributed by atoms with van der Waals surface area (Å²) in [6.45, 7) is 3.33. The molecule has 0 saturated carbocycles. The van der Waals surface area contributed by atoms with E-state index in [-0.39, 0.29) is 11.7 Å². The quantitative estimate of drug-likeness (QED) is 0.753. The second-order valence-electron chi connectivity index (χ2n) is 4.98. The minimum absolute atomic E-state index is 0.0508. The van der Waals surface area contributed by atoms with Crippen molar-refractivity contribution in [2.75, 3.05) is 5.32 Å². The van der Waals surface area contributed by atoms with E-state index in [1.165, 1.54) is 11.4 Å². The van der Waals surface area contributed by atoms with Crippen LogP contribution >= 0.6 is 0 Å². The van der Waals surface area contributed by atoms with Gasteiger partial charge in [-0.2, -0.15) is 5.10 Å². The molecular weight excluding hydrogens is 280 g/mol. The highest BCUT2D eigenvalue weighted by Gasteiger charge is 2.13. The summed E-state index contributed by atoms with van der Waals surface area (Å²) in [7, 11) is 0. The lowest BCUT2D eigenvalue weighted by atomic mass is 10.1. The smallest absolute Gasteiger partial charge is 0.274 e. The Morgan fingerprint density at radius 2 is 2.00 bits per heavy atom. The van der Waals surface area contributed by atoms with Crippen LogP contribution in [0, 0.1) is 6.92 Å². The molecular formula is C16H14N4O2. The molecule has 110 valence electrons. The van der Waals surface area contributed by atoms with Crippen LogP contribution in [0.1, 0.15) is 33.5 Å². The Hall–Kier alpha value is -3.02. The molecule has 0 bridgehead atoms. The lowest BCUT2D eigenvalue weighted by Gasteiger charge is -2.07. The highest BCUT2D eigenvalue weighted by atomic mass is 16.2. The topological polar surface area (TPSA) is 76.4 Å². The number of hydrogen-bond donors (Lipinski definition) is 1. The van der Waals surface area contributed by atoms with E-state index < -0.39 is 0 Å². The van der Waals surface area contributed by atoms with Gasteiger partial charge in [-0.25, -0.2) is 9.50 Å². The van der Waals surface area contributed by atoms with Crippen LogP contribution in [0.5, 0.6) is 0 Å². The summed E-state index contributed by atoms with van der Waals surface area (Å²) in [5.74, 6) is -0.360. The SMILES string of the molecule is CC(=O)c1cccc(NC(=O)c2ccnc3cc(C)nn23)c1. The molecule has 3 rings (SSSR count). The maximum Gasteiger partial charge on any atom is 0.274 e. The number of fused-ring (bicyclic) bond motifs is 1. The molecule has 0 radical (unpaired) electrons. The Labute approximate surface area is 126 Å². The van der Waals surface area contributed by atoms with Gasteiger partial charge in [0.25, 0.3) is 5.91 Å². The van der Waals surface area contributed by atoms with E-state index in [9.17, 15) is 9.59 Å². The van der Waals surface area contributed by atoms with E-state index in [0.717, 1.165) is 5.69 Å². The molecule has 2 aromatic heterocycles. The minimum Gasteiger partial charge on any atom is -0.321 e. The summed E-state index contributed by atoms with van der Waals surface area (Å²) < 4.78 is 1.50. The lowest BCUT2D eigenvalue weighted by Crippen LogP contribution is -2.17. The van der Waals surface area contributed by atoms with Gasteiger partial charge in [-0.05, 0) is 32.0 Å². The number of Topliss-reactive ketones (excluding diaryl/α,β-unsaturated/α-hetero) is 1. The number of ketones is 1. The van der Waals surface area contributed by atoms with E-state index in [1.54, 1.807) is 42.6 Å². The van der Waals surface area contributed by atoms with Crippen LogP contribution in [0.25, 0.3) is 5.65 Å². The molecule has 3 aromatic rings. The first-order valence-electron chi connectivity index (χ1n) is 6.78. The molecule has 1 N–H and O–H groups in total. The molecule has 0 unspecified atom stereocenters. The molecule has 0 saturated heterocycles. The van der Waals surface area contributed by atoms with Crippen LogP contribution in [-0.4, -0.2) is 26.3 Å². The molecule has 0 fully saturated rings. The molecule has 22 heavy (non-hydrogen) atoms. The zero-order valence-electron chi connectivity index (χ0n) is 12.2. The summed E-state index contributed by atoms with van der Waals surface area (Å²) in [6, 6.07) is 10.2. The Kier molecular flexibility index (Phi) is 3.42. The Morgan fingerprint density at radius 1 is 1.18 bits per heavy atom. The molecule has 1 amide bonds. The highest BCUT2D eigenvalue weighted by molar-refractivity contribution is 6.04. The number of carbonyl (C=O) groups excluding carboxylic acids is 2. The van der Waals surface area contributed by atoms with Crippen LogP contribution in [-0.2, 0) is 0 Å². The Bertz CT molecular complexity index is 883. The van der Waals surface area contributed by atoms with Crippen LogP contribution in [0.3, 0.4) is 0 Å². The fourth-order valence-corrected chi connectivity index (χ4v) is 2.19. The molecule has 2 heterocycles. The van der Waals surface area contributed by atoms with Crippen LogP contribution < -0.4 is 5.32 Å². The largest absolute Gasteiger partial charge is 0.321 e. The van der Waals surface area contributed by atoms with Gasteiger partial charge in [0.1, 0.15) is 5.69 Å². The number of aromatic nitrogens is 3. The minimum atomic E-state index is -0.309. The number of aryl methyl sites for hydroxylation is 1. The molecule has 1 aromatic carbocycles. The van der Waals surface area contributed by atoms with Gasteiger partial charge in [0, 0.05) is 23.5 Å². The number of carbonyl (C=O) groups is 2. The van der Waals surface area contributed by atoms with Gasteiger partial charge < -0.3 is 5.32 Å². The Balaban J connectivity index is 1.93. The number of benzene rings is 1. The first-order valence-corrected chi connectivity index (χ1v) is 6.78. The first kappa shape index (κ1) is 13.9. The molecule has 0 aliphatic rings. The van der Waals surface area contributed by atoms with Crippen LogP contribution in [0.4, 0.5) is 5.69 Å². The van der Waals surface area contributed by atoms with Crippen molar-refractivity contribution in [1.29, 1.82) is 0 Å². The molecule has 6 nitrogen and oxygen atoms in total. The fourth-order valence-electron chi connectivity index (χ4n) is 2.19. The van der Waals surface area contributed by atoms with Crippen molar-refractivity contribution in [3.63, 3.8) is 0 Å². The maximum atomic E-state index is 12.4. The van der Waals surface area contributed by atoms with Crippen molar-refractivity contribution < 1.29 is 9.59 Å². The predicted octanol–water partition coefficient (Wildman–Crippen LogP) is 2.49. The monoisotopic (exact) mass is 294 g/mol. The molecule has 0 spiro atoms. The lowest BCUT2D eigenvalue weighted by molar-refractivity contribution is 0.100. The fraction of sp³-hybridized carbons (Fsp3) is 0.125. The van der Waals surface area contributed by atoms with Crippen molar-refractivity contribution in [2.45, 2.75) is 13.8 Å². The molecule has 0 aliphatic heterocycles. The zero-order valence-corrected chi connectivity index (χ0v) is 12.2. The first-order chi connectivity index (χ1) is 10.5. The second kappa shape index (κ2) is 5.40. The normalized spacial score (nSPS) is 10.6. The third-order valence-electron chi connectivity index (χ3n) is 3.24. The second-order valence-corrected chi connectivity index (χ2v) is 4.98. The van der Waals surface area contributed by atoms with Crippen LogP contribution in [0.15, 0.2) is 42.6 Å². The number of rotatable bonds is 3. The van der Waals surface area contributed by atoms with Gasteiger partial charge in [0.05, 0.1) is 5.69 Å². The number of amides is 1. The summed E-state index contributed by atoms with van der Waals surface area (Å²) in [5, 5.41) is 7.04. The molecule has 6 heteroatoms. The van der Waals surface area contributed by atoms with Crippen molar-refractivity contribution in [3.8, 4) is 0 Å². The average molecular weight is 294 g/mol. The van der Waals surface area contributed by atoms with Gasteiger partial charge in [0.2, 0.25) is 0 Å². The van der Waals surface area contributed by atoms with Crippen molar-refractivity contribution in [3.05, 3.63) is 59.5 Å². The number of nitrogens with one attached hydrogen (secondary N) is 1. The van der Waals surface area contributed by atoms with E-state index in [0.29, 0.717) is 22.6 Å². The standard InChI is InChI=1S/C16H14N4O2/c1-10-8-15-17-7-6-14(20(15)19-10)16(22)18-13-5-3-4-12(9-13)11(2)21/h3-9H,1-2H3,(H,18,22). The van der Waals surface area contributed by atoms with Crippen LogP contribution in [0.2, 0.25) is 0 Å². The summed E-state index contributed by atoms with van der Waals surface area (Å²) in [5.41, 5.74) is 2.89. The van der Waals surface area contributed by atoms with Gasteiger partial charge in [-0.3, -0.25) is 9.59 Å². The third-order valence-corrected chi connectivity index (χ3v) is 3.24. The van der Waals surface area contributed by atoms with E-state index in [1.807, 2.05) is 6.92 Å². The predicted molar refractivity (Wildman–Crippen MR) is 82.1 cm³/mol. The maximum absolute atomic E-state index is 12.4. The van der Waals surface area contributed by atoms with Crippen molar-refractivity contribution >= 4 is 23.0 Å². The summed E-state index contributed by atoms with van der Waals surface area (Å²) >= 11 is 0. The average Bonchev–Trinajstić information content (AvgIpc) is 2.87. The van der Waals surface area contributed by atoms with E-state index in [4.69, 9.17) is 0 Å². The van der Waals surface area contributed by atoms with Crippen molar-refractivity contribution in [2.24, 2.45) is 0 Å². The Morgan fingerprint density at radius 3 is 2.77 bits per heavy atom. The van der Waals surface area contributed by atoms with Gasteiger partial charge in [-0.1, -0.05) is 12.1 Å². The van der Waals surface area contributed by atoms with Gasteiger partial charge in [0.15, 0.2) is 11.4 Å².